The topological polar surface area (TPSA) is 38.8 Å². The molecule has 0 N–H and O–H groups in total. The van der Waals surface area contributed by atoms with E-state index >= 15 is 0 Å². The quantitative estimate of drug-likeness (QED) is 0.614. The van der Waals surface area contributed by atoms with E-state index in [0.29, 0.717) is 5.92 Å². The van der Waals surface area contributed by atoms with E-state index in [0.717, 1.165) is 12.8 Å². The monoisotopic (exact) mass is 300 g/mol. The van der Waals surface area contributed by atoms with Crippen molar-refractivity contribution >= 4 is 5.97 Å². The van der Waals surface area contributed by atoms with Crippen LogP contribution in [0.15, 0.2) is 30.3 Å². The smallest absolute Gasteiger partial charge is 0.303 e. The lowest BCUT2D eigenvalue weighted by Gasteiger charge is -2.38. The molecule has 1 heterocycles. The van der Waals surface area contributed by atoms with Crippen molar-refractivity contribution in [3.05, 3.63) is 35.9 Å². The van der Waals surface area contributed by atoms with Crippen LogP contribution in [0, 0.1) is 16.7 Å². The first-order chi connectivity index (χ1) is 10.3. The lowest BCUT2D eigenvalue weighted by Crippen LogP contribution is -2.45. The van der Waals surface area contributed by atoms with Gasteiger partial charge >= 0.3 is 5.97 Å². The van der Waals surface area contributed by atoms with E-state index in [-0.39, 0.29) is 34.6 Å². The molecule has 5 atom stereocenters. The third-order valence-corrected chi connectivity index (χ3v) is 6.89. The van der Waals surface area contributed by atoms with Gasteiger partial charge in [-0.3, -0.25) is 4.79 Å². The number of carbonyl (C=O) groups is 1. The molecule has 3 fully saturated rings. The molecule has 1 aromatic carbocycles. The van der Waals surface area contributed by atoms with Gasteiger partial charge in [0.05, 0.1) is 0 Å². The van der Waals surface area contributed by atoms with Gasteiger partial charge in [0.15, 0.2) is 0 Å². The summed E-state index contributed by atoms with van der Waals surface area (Å²) in [6, 6.07) is 10.3. The average molecular weight is 300 g/mol. The van der Waals surface area contributed by atoms with Crippen LogP contribution in [-0.2, 0) is 14.3 Å². The number of carbonyl (C=O) groups excluding carboxylic acids is 1. The van der Waals surface area contributed by atoms with Crippen LogP contribution in [0.3, 0.4) is 0 Å². The Morgan fingerprint density at radius 2 is 1.91 bits per heavy atom. The first kappa shape index (κ1) is 14.3. The number of esters is 1. The van der Waals surface area contributed by atoms with Crippen LogP contribution < -0.4 is 0 Å². The van der Waals surface area contributed by atoms with Gasteiger partial charge in [-0.2, -0.15) is 0 Å². The first-order valence-corrected chi connectivity index (χ1v) is 8.24. The zero-order valence-corrected chi connectivity index (χ0v) is 13.8. The molecule has 22 heavy (non-hydrogen) atoms. The highest BCUT2D eigenvalue weighted by Gasteiger charge is 2.83. The summed E-state index contributed by atoms with van der Waals surface area (Å²) in [7, 11) is 0. The van der Waals surface area contributed by atoms with E-state index in [9.17, 15) is 4.79 Å². The number of epoxide rings is 1. The number of rotatable bonds is 2. The summed E-state index contributed by atoms with van der Waals surface area (Å²) < 4.78 is 12.2. The summed E-state index contributed by atoms with van der Waals surface area (Å²) in [6.07, 6.45) is 2.18. The van der Waals surface area contributed by atoms with Crippen LogP contribution >= 0.6 is 0 Å². The van der Waals surface area contributed by atoms with Gasteiger partial charge in [-0.25, -0.2) is 0 Å². The molecular formula is C19H24O3. The molecule has 0 radical (unpaired) electrons. The standard InChI is InChI=1S/C19H24O3/c1-12(20)21-16-18(4)11-10-14(17(18,2)3)19(16)15(22-19)13-8-6-5-7-9-13/h5-9,14-16H,10-11H2,1-4H3/t14-,15?,16-,18?,19+/m1/s1. The minimum atomic E-state index is -0.316. The molecule has 2 aliphatic carbocycles. The molecule has 2 bridgehead atoms. The van der Waals surface area contributed by atoms with E-state index in [1.807, 2.05) is 18.2 Å². The highest BCUT2D eigenvalue weighted by molar-refractivity contribution is 5.67. The fourth-order valence-corrected chi connectivity index (χ4v) is 5.44. The Labute approximate surface area is 132 Å². The Hall–Kier alpha value is -1.35. The second-order valence-electron chi connectivity index (χ2n) is 7.98. The molecule has 0 aromatic heterocycles. The maximum Gasteiger partial charge on any atom is 0.303 e. The van der Waals surface area contributed by atoms with Gasteiger partial charge in [0.2, 0.25) is 0 Å². The van der Waals surface area contributed by atoms with Gasteiger partial charge in [0.25, 0.3) is 0 Å². The predicted octanol–water partition coefficient (Wildman–Crippen LogP) is 3.88. The van der Waals surface area contributed by atoms with Crippen LogP contribution in [0.4, 0.5) is 0 Å². The largest absolute Gasteiger partial charge is 0.459 e. The van der Waals surface area contributed by atoms with E-state index < -0.39 is 0 Å². The first-order valence-electron chi connectivity index (χ1n) is 8.24. The number of benzene rings is 1. The zero-order valence-electron chi connectivity index (χ0n) is 13.8. The molecule has 0 amide bonds. The Bertz CT molecular complexity index is 623. The number of fused-ring (bicyclic) bond motifs is 3. The highest BCUT2D eigenvalue weighted by atomic mass is 16.7. The second kappa shape index (κ2) is 4.14. The van der Waals surface area contributed by atoms with E-state index in [2.05, 4.69) is 32.9 Å². The third-order valence-electron chi connectivity index (χ3n) is 6.89. The van der Waals surface area contributed by atoms with Crippen LogP contribution in [0.25, 0.3) is 0 Å². The number of hydrogen-bond donors (Lipinski definition) is 0. The maximum absolute atomic E-state index is 11.7. The Morgan fingerprint density at radius 1 is 1.23 bits per heavy atom. The molecule has 118 valence electrons. The minimum Gasteiger partial charge on any atom is -0.459 e. The van der Waals surface area contributed by atoms with Gasteiger partial charge in [-0.1, -0.05) is 51.1 Å². The van der Waals surface area contributed by atoms with Crippen molar-refractivity contribution in [3.63, 3.8) is 0 Å². The molecule has 1 saturated heterocycles. The van der Waals surface area contributed by atoms with Crippen LogP contribution in [0.5, 0.6) is 0 Å². The lowest BCUT2D eigenvalue weighted by molar-refractivity contribution is -0.159. The summed E-state index contributed by atoms with van der Waals surface area (Å²) in [5, 5.41) is 0. The highest BCUT2D eigenvalue weighted by Crippen LogP contribution is 2.78. The molecule has 2 unspecified atom stereocenters. The summed E-state index contributed by atoms with van der Waals surface area (Å²) in [6.45, 7) is 8.42. The second-order valence-corrected chi connectivity index (χ2v) is 7.98. The van der Waals surface area contributed by atoms with Crippen molar-refractivity contribution < 1.29 is 14.3 Å². The lowest BCUT2D eigenvalue weighted by atomic mass is 9.70. The van der Waals surface area contributed by atoms with E-state index in [1.165, 1.54) is 12.5 Å². The molecule has 3 nitrogen and oxygen atoms in total. The van der Waals surface area contributed by atoms with Crippen LogP contribution in [-0.4, -0.2) is 17.7 Å². The molecular weight excluding hydrogens is 276 g/mol. The van der Waals surface area contributed by atoms with E-state index in [4.69, 9.17) is 9.47 Å². The Morgan fingerprint density at radius 3 is 2.55 bits per heavy atom. The van der Waals surface area contributed by atoms with Crippen molar-refractivity contribution in [1.82, 2.24) is 0 Å². The van der Waals surface area contributed by atoms with Gasteiger partial charge in [-0.15, -0.1) is 0 Å². The predicted molar refractivity (Wildman–Crippen MR) is 83.2 cm³/mol. The molecule has 3 heteroatoms. The fourth-order valence-electron chi connectivity index (χ4n) is 5.44. The zero-order chi connectivity index (χ0) is 15.8. The molecule has 1 aliphatic heterocycles. The van der Waals surface area contributed by atoms with Gasteiger partial charge < -0.3 is 9.47 Å². The van der Waals surface area contributed by atoms with Crippen molar-refractivity contribution in [2.45, 2.75) is 58.3 Å². The van der Waals surface area contributed by atoms with Crippen LogP contribution in [0.2, 0.25) is 0 Å². The summed E-state index contributed by atoms with van der Waals surface area (Å²) in [5.74, 6) is 0.246. The van der Waals surface area contributed by atoms with Crippen molar-refractivity contribution in [2.75, 3.05) is 0 Å². The molecule has 3 aliphatic rings. The molecule has 1 spiro atoms. The number of ether oxygens (including phenoxy) is 2. The van der Waals surface area contributed by atoms with Gasteiger partial charge in [0, 0.05) is 18.3 Å². The minimum absolute atomic E-state index is 0.00708. The van der Waals surface area contributed by atoms with Gasteiger partial charge in [-0.05, 0) is 23.8 Å². The molecule has 2 saturated carbocycles. The van der Waals surface area contributed by atoms with Crippen molar-refractivity contribution in [1.29, 1.82) is 0 Å². The van der Waals surface area contributed by atoms with Crippen molar-refractivity contribution in [2.24, 2.45) is 16.7 Å². The molecule has 1 aromatic rings. The summed E-state index contributed by atoms with van der Waals surface area (Å²) in [4.78, 5) is 11.7. The Balaban J connectivity index is 1.77. The Kier molecular flexibility index (Phi) is 2.68. The molecule has 4 rings (SSSR count). The summed E-state index contributed by atoms with van der Waals surface area (Å²) in [5.41, 5.74) is 0.999. The fraction of sp³-hybridized carbons (Fsp3) is 0.632. The third kappa shape index (κ3) is 1.48. The SMILES string of the molecule is CC(=O)O[C@@H]1C2(C)CC[C@H](C2(C)C)[C@@]12OC2c1ccccc1. The summed E-state index contributed by atoms with van der Waals surface area (Å²) >= 11 is 0. The average Bonchev–Trinajstić information content (AvgIpc) is 3.11. The number of hydrogen-bond acceptors (Lipinski definition) is 3. The van der Waals surface area contributed by atoms with Gasteiger partial charge in [0.1, 0.15) is 17.8 Å². The normalized spacial score (nSPS) is 44.3. The van der Waals surface area contributed by atoms with E-state index in [1.54, 1.807) is 0 Å². The maximum atomic E-state index is 11.7. The van der Waals surface area contributed by atoms with Crippen molar-refractivity contribution in [3.8, 4) is 0 Å². The van der Waals surface area contributed by atoms with Crippen LogP contribution in [0.1, 0.15) is 52.2 Å².